The highest BCUT2D eigenvalue weighted by Crippen LogP contribution is 2.12. The van der Waals surface area contributed by atoms with Crippen LogP contribution >= 0.6 is 0 Å². The van der Waals surface area contributed by atoms with Crippen molar-refractivity contribution in [1.82, 2.24) is 10.3 Å². The Morgan fingerprint density at radius 3 is 2.35 bits per heavy atom. The lowest BCUT2D eigenvalue weighted by atomic mass is 10.2. The van der Waals surface area contributed by atoms with Crippen molar-refractivity contribution in [3.05, 3.63) is 53.7 Å². The number of hydrogen-bond donors (Lipinski definition) is 3. The zero-order valence-electron chi connectivity index (χ0n) is 13.4. The molecule has 0 saturated carbocycles. The van der Waals surface area contributed by atoms with Gasteiger partial charge in [-0.1, -0.05) is 0 Å². The second-order valence-electron chi connectivity index (χ2n) is 5.50. The summed E-state index contributed by atoms with van der Waals surface area (Å²) in [4.78, 5) is 27.9. The molecule has 3 N–H and O–H groups in total. The Hall–Kier alpha value is -2.89. The maximum Gasteiger partial charge on any atom is 0.319 e. The van der Waals surface area contributed by atoms with Gasteiger partial charge in [-0.05, 0) is 62.7 Å². The van der Waals surface area contributed by atoms with Crippen molar-refractivity contribution in [1.29, 1.82) is 0 Å². The first-order valence-electron chi connectivity index (χ1n) is 7.35. The fourth-order valence-corrected chi connectivity index (χ4v) is 1.93. The molecule has 2 aromatic rings. The van der Waals surface area contributed by atoms with E-state index in [1.54, 1.807) is 36.5 Å². The van der Waals surface area contributed by atoms with Crippen molar-refractivity contribution >= 4 is 23.4 Å². The maximum atomic E-state index is 12.2. The quantitative estimate of drug-likeness (QED) is 0.811. The second-order valence-corrected chi connectivity index (χ2v) is 5.50. The smallest absolute Gasteiger partial charge is 0.319 e. The highest BCUT2D eigenvalue weighted by Gasteiger charge is 2.08. The molecule has 0 fully saturated rings. The number of urea groups is 1. The Morgan fingerprint density at radius 2 is 1.74 bits per heavy atom. The van der Waals surface area contributed by atoms with E-state index >= 15 is 0 Å². The molecule has 120 valence electrons. The van der Waals surface area contributed by atoms with Gasteiger partial charge in [-0.25, -0.2) is 9.78 Å². The van der Waals surface area contributed by atoms with Crippen molar-refractivity contribution in [2.24, 2.45) is 0 Å². The number of nitrogens with zero attached hydrogens (tertiary/aromatic N) is 1. The molecule has 3 amide bonds. The predicted octanol–water partition coefficient (Wildman–Crippen LogP) is 3.17. The summed E-state index contributed by atoms with van der Waals surface area (Å²) in [5.74, 6) is 0.259. The van der Waals surface area contributed by atoms with Crippen LogP contribution < -0.4 is 16.0 Å². The van der Waals surface area contributed by atoms with Gasteiger partial charge < -0.3 is 16.0 Å². The third-order valence-corrected chi connectivity index (χ3v) is 2.98. The molecule has 0 atom stereocenters. The number of aryl methyl sites for hydroxylation is 1. The summed E-state index contributed by atoms with van der Waals surface area (Å²) in [6.07, 6.45) is 1.64. The van der Waals surface area contributed by atoms with E-state index in [9.17, 15) is 9.59 Å². The number of carbonyl (C=O) groups is 2. The van der Waals surface area contributed by atoms with Crippen LogP contribution in [0.25, 0.3) is 0 Å². The molecule has 0 aliphatic carbocycles. The first kappa shape index (κ1) is 16.5. The van der Waals surface area contributed by atoms with E-state index in [1.165, 1.54) is 0 Å². The molecule has 2 rings (SSSR count). The highest BCUT2D eigenvalue weighted by atomic mass is 16.2. The van der Waals surface area contributed by atoms with E-state index in [2.05, 4.69) is 20.9 Å². The number of benzene rings is 1. The standard InChI is InChI=1S/C17H20N4O2/c1-11(2)19-17(23)20-14-6-4-13(5-7-14)16(22)21-15-10-12(3)8-9-18-15/h4-11H,1-3H3,(H,18,21,22)(H2,19,20,23). The third-order valence-electron chi connectivity index (χ3n) is 2.98. The number of amides is 3. The van der Waals surface area contributed by atoms with Crippen molar-refractivity contribution < 1.29 is 9.59 Å². The average molecular weight is 312 g/mol. The van der Waals surface area contributed by atoms with Crippen LogP contribution in [0.5, 0.6) is 0 Å². The molecule has 1 aromatic carbocycles. The van der Waals surface area contributed by atoms with Gasteiger partial charge in [-0.3, -0.25) is 4.79 Å². The van der Waals surface area contributed by atoms with Crippen LogP contribution in [-0.2, 0) is 0 Å². The van der Waals surface area contributed by atoms with Crippen LogP contribution in [0.2, 0.25) is 0 Å². The van der Waals surface area contributed by atoms with Crippen LogP contribution in [0, 0.1) is 6.92 Å². The molecular formula is C17H20N4O2. The van der Waals surface area contributed by atoms with Crippen LogP contribution in [-0.4, -0.2) is 23.0 Å². The normalized spacial score (nSPS) is 10.3. The van der Waals surface area contributed by atoms with E-state index in [4.69, 9.17) is 0 Å². The lowest BCUT2D eigenvalue weighted by Gasteiger charge is -2.10. The number of aromatic nitrogens is 1. The number of nitrogens with one attached hydrogen (secondary N) is 3. The van der Waals surface area contributed by atoms with Crippen LogP contribution in [0.3, 0.4) is 0 Å². The Bertz CT molecular complexity index is 696. The molecule has 6 nitrogen and oxygen atoms in total. The summed E-state index contributed by atoms with van der Waals surface area (Å²) >= 11 is 0. The Kier molecular flexibility index (Phi) is 5.30. The summed E-state index contributed by atoms with van der Waals surface area (Å²) in [5, 5.41) is 8.17. The largest absolute Gasteiger partial charge is 0.336 e. The Labute approximate surface area is 135 Å². The molecule has 0 unspecified atom stereocenters. The minimum absolute atomic E-state index is 0.0573. The van der Waals surface area contributed by atoms with Crippen molar-refractivity contribution in [2.75, 3.05) is 10.6 Å². The molecule has 6 heteroatoms. The number of hydrogen-bond acceptors (Lipinski definition) is 3. The van der Waals surface area contributed by atoms with E-state index in [0.717, 1.165) is 5.56 Å². The van der Waals surface area contributed by atoms with Crippen molar-refractivity contribution in [2.45, 2.75) is 26.8 Å². The molecule has 0 aliphatic rings. The van der Waals surface area contributed by atoms with Gasteiger partial charge in [0.15, 0.2) is 0 Å². The molecule has 0 aliphatic heterocycles. The molecule has 23 heavy (non-hydrogen) atoms. The van der Waals surface area contributed by atoms with E-state index in [0.29, 0.717) is 17.1 Å². The summed E-state index contributed by atoms with van der Waals surface area (Å²) in [6, 6.07) is 10.1. The summed E-state index contributed by atoms with van der Waals surface area (Å²) < 4.78 is 0. The minimum atomic E-state index is -0.277. The van der Waals surface area contributed by atoms with Gasteiger partial charge in [-0.2, -0.15) is 0 Å². The maximum absolute atomic E-state index is 12.2. The topological polar surface area (TPSA) is 83.1 Å². The zero-order valence-corrected chi connectivity index (χ0v) is 13.4. The summed E-state index contributed by atoms with van der Waals surface area (Å²) in [6.45, 7) is 5.69. The monoisotopic (exact) mass is 312 g/mol. The van der Waals surface area contributed by atoms with Gasteiger partial charge in [0, 0.05) is 23.5 Å². The molecule has 0 saturated heterocycles. The average Bonchev–Trinajstić information content (AvgIpc) is 2.47. The zero-order chi connectivity index (χ0) is 16.8. The SMILES string of the molecule is Cc1ccnc(NC(=O)c2ccc(NC(=O)NC(C)C)cc2)c1. The highest BCUT2D eigenvalue weighted by molar-refractivity contribution is 6.04. The first-order chi connectivity index (χ1) is 10.9. The fourth-order valence-electron chi connectivity index (χ4n) is 1.93. The second kappa shape index (κ2) is 7.40. The Morgan fingerprint density at radius 1 is 1.04 bits per heavy atom. The van der Waals surface area contributed by atoms with E-state index < -0.39 is 0 Å². The van der Waals surface area contributed by atoms with E-state index in [-0.39, 0.29) is 18.0 Å². The predicted molar refractivity (Wildman–Crippen MR) is 90.7 cm³/mol. The molecule has 1 heterocycles. The molecule has 0 spiro atoms. The Balaban J connectivity index is 1.98. The first-order valence-corrected chi connectivity index (χ1v) is 7.35. The fraction of sp³-hybridized carbons (Fsp3) is 0.235. The number of pyridine rings is 1. The number of rotatable bonds is 4. The van der Waals surface area contributed by atoms with Gasteiger partial charge >= 0.3 is 6.03 Å². The van der Waals surface area contributed by atoms with Crippen molar-refractivity contribution in [3.63, 3.8) is 0 Å². The van der Waals surface area contributed by atoms with Gasteiger partial charge in [0.2, 0.25) is 0 Å². The third kappa shape index (κ3) is 5.10. The molecule has 0 radical (unpaired) electrons. The molecule has 0 bridgehead atoms. The molecule has 1 aromatic heterocycles. The van der Waals surface area contributed by atoms with Crippen LogP contribution in [0.4, 0.5) is 16.3 Å². The summed E-state index contributed by atoms with van der Waals surface area (Å²) in [5.41, 5.74) is 2.13. The lowest BCUT2D eigenvalue weighted by Crippen LogP contribution is -2.34. The lowest BCUT2D eigenvalue weighted by molar-refractivity contribution is 0.102. The van der Waals surface area contributed by atoms with E-state index in [1.807, 2.05) is 26.8 Å². The van der Waals surface area contributed by atoms with Crippen LogP contribution in [0.1, 0.15) is 29.8 Å². The van der Waals surface area contributed by atoms with Gasteiger partial charge in [0.1, 0.15) is 5.82 Å². The minimum Gasteiger partial charge on any atom is -0.336 e. The molecular weight excluding hydrogens is 292 g/mol. The van der Waals surface area contributed by atoms with Crippen LogP contribution in [0.15, 0.2) is 42.6 Å². The summed E-state index contributed by atoms with van der Waals surface area (Å²) in [7, 11) is 0. The number of carbonyl (C=O) groups excluding carboxylic acids is 2. The van der Waals surface area contributed by atoms with Gasteiger partial charge in [-0.15, -0.1) is 0 Å². The van der Waals surface area contributed by atoms with Gasteiger partial charge in [0.05, 0.1) is 0 Å². The number of anilines is 2. The van der Waals surface area contributed by atoms with Crippen molar-refractivity contribution in [3.8, 4) is 0 Å². The van der Waals surface area contributed by atoms with Gasteiger partial charge in [0.25, 0.3) is 5.91 Å².